The van der Waals surface area contributed by atoms with Gasteiger partial charge < -0.3 is 25.0 Å². The Balaban J connectivity index is 1.35. The summed E-state index contributed by atoms with van der Waals surface area (Å²) in [5, 5.41) is 14.3. The molecule has 1 fully saturated rings. The lowest BCUT2D eigenvalue weighted by Gasteiger charge is -2.42. The van der Waals surface area contributed by atoms with E-state index in [0.717, 1.165) is 27.9 Å². The van der Waals surface area contributed by atoms with Crippen LogP contribution in [0, 0.1) is 6.92 Å². The van der Waals surface area contributed by atoms with Crippen molar-refractivity contribution in [1.82, 2.24) is 19.8 Å². The predicted molar refractivity (Wildman–Crippen MR) is 182 cm³/mol. The zero-order valence-electron chi connectivity index (χ0n) is 26.6. The van der Waals surface area contributed by atoms with Crippen LogP contribution < -0.4 is 15.0 Å². The van der Waals surface area contributed by atoms with Crippen LogP contribution in [0.3, 0.4) is 0 Å². The molecule has 2 amide bonds. The van der Waals surface area contributed by atoms with Crippen molar-refractivity contribution < 1.29 is 24.2 Å². The molecular formula is C37H37N5O5. The smallest absolute Gasteiger partial charge is 0.336 e. The first-order chi connectivity index (χ1) is 22.7. The summed E-state index contributed by atoms with van der Waals surface area (Å²) in [6, 6.07) is 26.3. The lowest BCUT2D eigenvalue weighted by Crippen LogP contribution is -2.59. The van der Waals surface area contributed by atoms with E-state index in [1.54, 1.807) is 23.2 Å². The first-order valence-electron chi connectivity index (χ1n) is 15.7. The second-order valence-electron chi connectivity index (χ2n) is 11.7. The molecule has 1 saturated heterocycles. The molecule has 0 saturated carbocycles. The maximum absolute atomic E-state index is 14.3. The first-order valence-corrected chi connectivity index (χ1v) is 15.7. The lowest BCUT2D eigenvalue weighted by molar-refractivity contribution is -0.119. The predicted octanol–water partition coefficient (Wildman–Crippen LogP) is 5.56. The van der Waals surface area contributed by atoms with Crippen LogP contribution in [0.15, 0.2) is 91.1 Å². The molecule has 0 radical (unpaired) electrons. The summed E-state index contributed by atoms with van der Waals surface area (Å²) in [6.07, 6.45) is 1.76. The number of ether oxygens (including phenoxy) is 1. The third kappa shape index (κ3) is 6.67. The average Bonchev–Trinajstić information content (AvgIpc) is 3.52. The molecule has 1 aromatic heterocycles. The molecule has 0 bridgehead atoms. The molecule has 240 valence electrons. The fraction of sp³-hybridized carbons (Fsp3) is 0.243. The van der Waals surface area contributed by atoms with E-state index in [9.17, 15) is 19.5 Å². The van der Waals surface area contributed by atoms with Crippen LogP contribution in [0.2, 0.25) is 0 Å². The molecule has 10 nitrogen and oxygen atoms in total. The number of hydrogen-bond donors (Lipinski definition) is 2. The summed E-state index contributed by atoms with van der Waals surface area (Å²) in [4.78, 5) is 47.1. The van der Waals surface area contributed by atoms with Crippen LogP contribution in [0.4, 0.5) is 5.69 Å². The molecule has 4 aromatic carbocycles. The van der Waals surface area contributed by atoms with E-state index in [4.69, 9.17) is 9.72 Å². The highest BCUT2D eigenvalue weighted by atomic mass is 16.5. The van der Waals surface area contributed by atoms with E-state index >= 15 is 0 Å². The normalized spacial score (nSPS) is 14.7. The SMILES string of the molecule is CCOc1cccc(-n2cc(C(=O)N3CCN(c4cc(C(=O)O)c5ccccc5c4)C[C@H]3CNC(C)=O)nc2-c2ccc(C)cc2)c1. The summed E-state index contributed by atoms with van der Waals surface area (Å²) < 4.78 is 7.65. The molecule has 2 N–H and O–H groups in total. The van der Waals surface area contributed by atoms with E-state index < -0.39 is 12.0 Å². The molecule has 1 aliphatic rings. The van der Waals surface area contributed by atoms with Crippen molar-refractivity contribution in [2.24, 2.45) is 0 Å². The minimum Gasteiger partial charge on any atom is -0.494 e. The largest absolute Gasteiger partial charge is 0.494 e. The van der Waals surface area contributed by atoms with E-state index in [-0.39, 0.29) is 29.6 Å². The molecule has 0 aliphatic carbocycles. The number of carbonyl (C=O) groups is 3. The Hall–Kier alpha value is -5.64. The van der Waals surface area contributed by atoms with Gasteiger partial charge in [0.25, 0.3) is 5.91 Å². The number of carboxylic acid groups (broad SMARTS) is 1. The minimum atomic E-state index is -1.00. The van der Waals surface area contributed by atoms with Crippen molar-refractivity contribution in [3.8, 4) is 22.8 Å². The molecule has 10 heteroatoms. The second-order valence-corrected chi connectivity index (χ2v) is 11.7. The Bertz CT molecular complexity index is 1950. The molecule has 47 heavy (non-hydrogen) atoms. The van der Waals surface area contributed by atoms with Gasteiger partial charge in [0.15, 0.2) is 0 Å². The van der Waals surface area contributed by atoms with Gasteiger partial charge in [0.05, 0.1) is 23.9 Å². The number of hydrogen-bond acceptors (Lipinski definition) is 6. The average molecular weight is 632 g/mol. The van der Waals surface area contributed by atoms with Crippen molar-refractivity contribution >= 4 is 34.2 Å². The number of imidazole rings is 1. The second kappa shape index (κ2) is 13.4. The maximum atomic E-state index is 14.3. The molecule has 1 atom stereocenters. The number of benzene rings is 4. The van der Waals surface area contributed by atoms with Gasteiger partial charge in [-0.15, -0.1) is 0 Å². The maximum Gasteiger partial charge on any atom is 0.336 e. The number of rotatable bonds is 9. The van der Waals surface area contributed by atoms with Gasteiger partial charge in [-0.3, -0.25) is 14.2 Å². The Morgan fingerprint density at radius 3 is 2.49 bits per heavy atom. The number of anilines is 1. The topological polar surface area (TPSA) is 117 Å². The molecule has 0 spiro atoms. The van der Waals surface area contributed by atoms with Crippen LogP contribution in [0.5, 0.6) is 5.75 Å². The van der Waals surface area contributed by atoms with Crippen molar-refractivity contribution in [1.29, 1.82) is 0 Å². The zero-order valence-corrected chi connectivity index (χ0v) is 26.6. The van der Waals surface area contributed by atoms with Crippen LogP contribution in [0.1, 0.15) is 40.3 Å². The number of aromatic carboxylic acids is 1. The third-order valence-electron chi connectivity index (χ3n) is 8.41. The van der Waals surface area contributed by atoms with E-state index in [0.29, 0.717) is 43.2 Å². The Kier molecular flexibility index (Phi) is 8.92. The number of amides is 2. The quantitative estimate of drug-likeness (QED) is 0.219. The van der Waals surface area contributed by atoms with Crippen LogP contribution in [0.25, 0.3) is 27.8 Å². The Morgan fingerprint density at radius 2 is 1.74 bits per heavy atom. The Morgan fingerprint density at radius 1 is 0.957 bits per heavy atom. The van der Waals surface area contributed by atoms with Crippen molar-refractivity contribution in [2.75, 3.05) is 37.7 Å². The standard InChI is InChI=1S/C37H37N5O5/c1-4-47-31-10-7-9-28(19-31)42-23-34(39-35(42)26-14-12-24(2)13-15-26)36(44)41-17-16-40(22-30(41)21-38-25(3)43)29-18-27-8-5-6-11-32(27)33(20-29)37(45)46/h5-15,18-20,23,30H,4,16-17,21-22H2,1-3H3,(H,38,43)(H,45,46)/t30-/m1/s1. The minimum absolute atomic E-state index is 0.200. The molecular weight excluding hydrogens is 594 g/mol. The Labute approximate surface area is 273 Å². The van der Waals surface area contributed by atoms with E-state index in [1.165, 1.54) is 6.92 Å². The van der Waals surface area contributed by atoms with Gasteiger partial charge in [-0.2, -0.15) is 0 Å². The fourth-order valence-electron chi connectivity index (χ4n) is 6.07. The fourth-order valence-corrected chi connectivity index (χ4v) is 6.07. The van der Waals surface area contributed by atoms with Crippen LogP contribution in [-0.4, -0.2) is 76.2 Å². The van der Waals surface area contributed by atoms with Crippen LogP contribution in [-0.2, 0) is 4.79 Å². The van der Waals surface area contributed by atoms with Crippen molar-refractivity contribution in [3.63, 3.8) is 0 Å². The molecule has 5 aromatic rings. The van der Waals surface area contributed by atoms with Crippen LogP contribution >= 0.6 is 0 Å². The van der Waals surface area contributed by atoms with E-state index in [2.05, 4.69) is 10.2 Å². The highest BCUT2D eigenvalue weighted by molar-refractivity contribution is 6.05. The zero-order chi connectivity index (χ0) is 33.1. The number of nitrogens with zero attached hydrogens (tertiary/aromatic N) is 4. The third-order valence-corrected chi connectivity index (χ3v) is 8.41. The van der Waals surface area contributed by atoms with Gasteiger partial charge in [0.1, 0.15) is 17.3 Å². The number of aryl methyl sites for hydroxylation is 1. The summed E-state index contributed by atoms with van der Waals surface area (Å²) in [5.74, 6) is -0.117. The van der Waals surface area contributed by atoms with Crippen molar-refractivity contribution in [3.05, 3.63) is 108 Å². The highest BCUT2D eigenvalue weighted by Crippen LogP contribution is 2.30. The molecule has 1 aliphatic heterocycles. The number of carboxylic acids is 1. The summed E-state index contributed by atoms with van der Waals surface area (Å²) in [5.41, 5.74) is 4.04. The monoisotopic (exact) mass is 631 g/mol. The number of aromatic nitrogens is 2. The molecule has 0 unspecified atom stereocenters. The number of nitrogens with one attached hydrogen (secondary N) is 1. The molecule has 6 rings (SSSR count). The van der Waals surface area contributed by atoms with Gasteiger partial charge in [0.2, 0.25) is 5.91 Å². The summed E-state index contributed by atoms with van der Waals surface area (Å²) in [6.45, 7) is 7.38. The van der Waals surface area contributed by atoms with E-state index in [1.807, 2.05) is 91.2 Å². The summed E-state index contributed by atoms with van der Waals surface area (Å²) in [7, 11) is 0. The number of fused-ring (bicyclic) bond motifs is 1. The van der Waals surface area contributed by atoms with Crippen molar-refractivity contribution in [2.45, 2.75) is 26.8 Å². The van der Waals surface area contributed by atoms with Gasteiger partial charge in [0, 0.05) is 56.6 Å². The highest BCUT2D eigenvalue weighted by Gasteiger charge is 2.33. The van der Waals surface area contributed by atoms with Gasteiger partial charge >= 0.3 is 5.97 Å². The van der Waals surface area contributed by atoms with Gasteiger partial charge in [-0.25, -0.2) is 9.78 Å². The number of carbonyl (C=O) groups excluding carboxylic acids is 2. The first kappa shape index (κ1) is 31.3. The summed E-state index contributed by atoms with van der Waals surface area (Å²) >= 11 is 0. The van der Waals surface area contributed by atoms with Gasteiger partial charge in [-0.1, -0.05) is 60.2 Å². The number of piperazine rings is 1. The molecule has 2 heterocycles. The van der Waals surface area contributed by atoms with Gasteiger partial charge in [-0.05, 0) is 48.9 Å². The lowest BCUT2D eigenvalue weighted by atomic mass is 10.0.